The summed E-state index contributed by atoms with van der Waals surface area (Å²) in [6, 6.07) is 9.19. The van der Waals surface area contributed by atoms with Crippen LogP contribution in [0.3, 0.4) is 0 Å². The Morgan fingerprint density at radius 1 is 0.938 bits per heavy atom. The van der Waals surface area contributed by atoms with E-state index in [9.17, 15) is 12.6 Å². The molecule has 0 bridgehead atoms. The van der Waals surface area contributed by atoms with E-state index >= 15 is 0 Å². The zero-order chi connectivity index (χ0) is 11.8. The van der Waals surface area contributed by atoms with Crippen LogP contribution in [0.25, 0.3) is 0 Å². The number of rotatable bonds is 2. The van der Waals surface area contributed by atoms with Crippen LogP contribution in [0.1, 0.15) is 5.69 Å². The number of hydrogen-bond acceptors (Lipinski definition) is 0. The summed E-state index contributed by atoms with van der Waals surface area (Å²) >= 11 is 0. The van der Waals surface area contributed by atoms with Crippen LogP contribution in [0.2, 0.25) is 0 Å². The van der Waals surface area contributed by atoms with Gasteiger partial charge in [0.1, 0.15) is 0 Å². The van der Waals surface area contributed by atoms with Crippen molar-refractivity contribution in [1.29, 1.82) is 0 Å². The number of benzene rings is 1. The third-order valence-electron chi connectivity index (χ3n) is 2.39. The second-order valence-electron chi connectivity index (χ2n) is 3.67. The van der Waals surface area contributed by atoms with Crippen LogP contribution in [-0.4, -0.2) is 4.98 Å². The van der Waals surface area contributed by atoms with Crippen LogP contribution in [-0.2, 0) is 0 Å². The molecule has 0 fully saturated rings. The Hall–Kier alpha value is -1.28. The molecule has 1 aromatic heterocycles. The molecule has 0 amide bonds. The van der Waals surface area contributed by atoms with Gasteiger partial charge >= 0.3 is 90.9 Å². The molecule has 0 unspecified atom stereocenters. The first-order valence-electron chi connectivity index (χ1n) is 4.78. The van der Waals surface area contributed by atoms with Crippen molar-refractivity contribution in [1.82, 2.24) is 4.98 Å². The standard InChI is InChI=1S/C11H11F3NP/c1-9-7-8-11(15-9)16(12,13,14)10-5-3-2-4-6-10/h2-8,15H,1H3. The van der Waals surface area contributed by atoms with Gasteiger partial charge in [0.05, 0.1) is 0 Å². The van der Waals surface area contributed by atoms with E-state index in [0.29, 0.717) is 5.69 Å². The fourth-order valence-corrected chi connectivity index (χ4v) is 3.13. The molecule has 5 heteroatoms. The summed E-state index contributed by atoms with van der Waals surface area (Å²) in [5.41, 5.74) is -0.0948. The minimum absolute atomic E-state index is 0.521. The van der Waals surface area contributed by atoms with Gasteiger partial charge in [-0.2, -0.15) is 0 Å². The quantitative estimate of drug-likeness (QED) is 0.779. The number of halogens is 3. The van der Waals surface area contributed by atoms with Crippen molar-refractivity contribution in [3.05, 3.63) is 48.2 Å². The van der Waals surface area contributed by atoms with Crippen LogP contribution in [0.15, 0.2) is 42.5 Å². The summed E-state index contributed by atoms with van der Waals surface area (Å²) in [6.45, 7) is 1.61. The SMILES string of the molecule is Cc1ccc(P(F)(F)(F)c2ccccc2)[nH]1. The Kier molecular flexibility index (Phi) is 2.35. The van der Waals surface area contributed by atoms with Gasteiger partial charge in [-0.3, -0.25) is 0 Å². The molecule has 1 N–H and O–H groups in total. The van der Waals surface area contributed by atoms with E-state index in [1.807, 2.05) is 0 Å². The Labute approximate surface area is 91.6 Å². The molecule has 1 heterocycles. The van der Waals surface area contributed by atoms with E-state index in [0.717, 1.165) is 18.2 Å². The van der Waals surface area contributed by atoms with Gasteiger partial charge in [-0.25, -0.2) is 0 Å². The molecule has 1 aromatic carbocycles. The Morgan fingerprint density at radius 2 is 1.56 bits per heavy atom. The number of aromatic amines is 1. The topological polar surface area (TPSA) is 15.8 Å². The summed E-state index contributed by atoms with van der Waals surface area (Å²) in [5.74, 6) is 0. The number of nitrogens with one attached hydrogen (secondary N) is 1. The Bertz CT molecular complexity index is 499. The summed E-state index contributed by atoms with van der Waals surface area (Å²) in [5, 5.41) is -0.546. The second kappa shape index (κ2) is 3.36. The third kappa shape index (κ3) is 1.74. The molecule has 0 radical (unpaired) electrons. The van der Waals surface area contributed by atoms with Crippen LogP contribution in [0, 0.1) is 6.92 Å². The summed E-state index contributed by atoms with van der Waals surface area (Å²) in [6.07, 6.45) is 0. The molecule has 0 aliphatic heterocycles. The van der Waals surface area contributed by atoms with Gasteiger partial charge in [-0.15, -0.1) is 0 Å². The van der Waals surface area contributed by atoms with E-state index in [4.69, 9.17) is 0 Å². The number of H-pyrrole nitrogens is 1. The maximum absolute atomic E-state index is 14.0. The van der Waals surface area contributed by atoms with Gasteiger partial charge in [-0.1, -0.05) is 0 Å². The van der Waals surface area contributed by atoms with Crippen LogP contribution < -0.4 is 10.7 Å². The first kappa shape index (κ1) is 11.2. The fourth-order valence-electron chi connectivity index (χ4n) is 1.51. The van der Waals surface area contributed by atoms with Gasteiger partial charge in [-0.05, 0) is 0 Å². The van der Waals surface area contributed by atoms with Crippen molar-refractivity contribution in [2.45, 2.75) is 6.92 Å². The molecule has 1 nitrogen and oxygen atoms in total. The molecular formula is C11H11F3NP. The molecule has 0 atom stereocenters. The van der Waals surface area contributed by atoms with E-state index in [-0.39, 0.29) is 0 Å². The number of aryl methyl sites for hydroxylation is 1. The van der Waals surface area contributed by atoms with E-state index < -0.39 is 18.3 Å². The monoisotopic (exact) mass is 245 g/mol. The van der Waals surface area contributed by atoms with Crippen molar-refractivity contribution >= 4 is 18.3 Å². The first-order chi connectivity index (χ1) is 7.38. The van der Waals surface area contributed by atoms with Gasteiger partial charge < -0.3 is 0 Å². The minimum atomic E-state index is -6.47. The van der Waals surface area contributed by atoms with E-state index in [1.165, 1.54) is 18.2 Å². The van der Waals surface area contributed by atoms with Crippen LogP contribution in [0.4, 0.5) is 12.6 Å². The molecule has 0 spiro atoms. The van der Waals surface area contributed by atoms with E-state index in [2.05, 4.69) is 4.98 Å². The molecule has 2 rings (SSSR count). The van der Waals surface area contributed by atoms with Crippen molar-refractivity contribution in [3.8, 4) is 0 Å². The first-order valence-corrected chi connectivity index (χ1v) is 6.68. The molecule has 2 aromatic rings. The number of hydrogen-bond donors (Lipinski definition) is 1. The second-order valence-corrected chi connectivity index (χ2v) is 6.29. The predicted octanol–water partition coefficient (Wildman–Crippen LogP) is 3.48. The van der Waals surface area contributed by atoms with Gasteiger partial charge in [0.15, 0.2) is 0 Å². The Balaban J connectivity index is 2.59. The summed E-state index contributed by atoms with van der Waals surface area (Å²) in [4.78, 5) is 2.39. The maximum atomic E-state index is 14.0. The zero-order valence-electron chi connectivity index (χ0n) is 8.62. The van der Waals surface area contributed by atoms with Gasteiger partial charge in [0.2, 0.25) is 0 Å². The molecule has 0 saturated carbocycles. The average molecular weight is 245 g/mol. The van der Waals surface area contributed by atoms with Crippen molar-refractivity contribution < 1.29 is 12.6 Å². The molecule has 16 heavy (non-hydrogen) atoms. The van der Waals surface area contributed by atoms with Gasteiger partial charge in [0, 0.05) is 0 Å². The van der Waals surface area contributed by atoms with Crippen LogP contribution in [0.5, 0.6) is 0 Å². The summed E-state index contributed by atoms with van der Waals surface area (Å²) in [7, 11) is -6.47. The van der Waals surface area contributed by atoms with Crippen molar-refractivity contribution in [2.75, 3.05) is 0 Å². The fraction of sp³-hybridized carbons (Fsp3) is 0.0909. The van der Waals surface area contributed by atoms with Crippen LogP contribution >= 0.6 is 7.54 Å². The number of aromatic nitrogens is 1. The molecule has 0 aliphatic rings. The third-order valence-corrected chi connectivity index (χ3v) is 4.58. The molecular weight excluding hydrogens is 234 g/mol. The molecule has 86 valence electrons. The van der Waals surface area contributed by atoms with E-state index in [1.54, 1.807) is 13.0 Å². The average Bonchev–Trinajstić information content (AvgIpc) is 2.67. The predicted molar refractivity (Wildman–Crippen MR) is 61.5 cm³/mol. The van der Waals surface area contributed by atoms with Crippen molar-refractivity contribution in [2.24, 2.45) is 0 Å². The zero-order valence-corrected chi connectivity index (χ0v) is 9.52. The molecule has 0 saturated heterocycles. The summed E-state index contributed by atoms with van der Waals surface area (Å²) < 4.78 is 42.1. The van der Waals surface area contributed by atoms with Crippen molar-refractivity contribution in [3.63, 3.8) is 0 Å². The van der Waals surface area contributed by atoms with Gasteiger partial charge in [0.25, 0.3) is 0 Å². The molecule has 0 aliphatic carbocycles. The normalized spacial score (nSPS) is 14.4. The Morgan fingerprint density at radius 3 is 2.06 bits per heavy atom.